The van der Waals surface area contributed by atoms with Crippen molar-refractivity contribution in [3.05, 3.63) is 11.6 Å². The van der Waals surface area contributed by atoms with E-state index in [2.05, 4.69) is 40.7 Å². The molecule has 13 aliphatic rings. The molecule has 0 aromatic rings. The zero-order chi connectivity index (χ0) is 82.3. The van der Waals surface area contributed by atoms with Gasteiger partial charge in [-0.25, -0.2) is 0 Å². The van der Waals surface area contributed by atoms with Gasteiger partial charge in [0.2, 0.25) is 6.29 Å². The molecule has 23 N–H and O–H groups in total. The van der Waals surface area contributed by atoms with E-state index in [4.69, 9.17) is 75.8 Å². The Morgan fingerprint density at radius 3 is 1.63 bits per heavy atom. The minimum Gasteiger partial charge on any atom is -0.432 e. The molecule has 12 fully saturated rings. The van der Waals surface area contributed by atoms with Crippen molar-refractivity contribution in [2.45, 2.75) is 320 Å². The highest BCUT2D eigenvalue weighted by Crippen LogP contribution is 2.76. The molecule has 113 heavy (non-hydrogen) atoms. The fourth-order valence-corrected chi connectivity index (χ4v) is 21.3. The number of esters is 1. The smallest absolute Gasteiger partial charge is 0.317 e. The highest BCUT2D eigenvalue weighted by Gasteiger charge is 2.74. The zero-order valence-electron chi connectivity index (χ0n) is 63.9. The van der Waals surface area contributed by atoms with Gasteiger partial charge in [0.1, 0.15) is 145 Å². The van der Waals surface area contributed by atoms with E-state index in [0.29, 0.717) is 32.1 Å². The lowest BCUT2D eigenvalue weighted by molar-refractivity contribution is -0.385. The summed E-state index contributed by atoms with van der Waals surface area (Å²) in [5.74, 6) is -2.33. The number of rotatable bonds is 21. The lowest BCUT2D eigenvalue weighted by Crippen LogP contribution is -2.71. The summed E-state index contributed by atoms with van der Waals surface area (Å²) in [6.45, 7) is 6.01. The molecule has 0 radical (unpaired) electrons. The molecule has 0 bridgehead atoms. The average Bonchev–Trinajstić information content (AvgIpc) is 0.926. The van der Waals surface area contributed by atoms with Gasteiger partial charge in [-0.1, -0.05) is 53.2 Å². The number of carbonyl (C=O) groups excluding carboxylic acids is 1. The van der Waals surface area contributed by atoms with Crippen LogP contribution in [0.3, 0.4) is 0 Å². The standard InChI is InChI=1S/C73H118O40/c1-27-49(106-58-46(91)50(33(82)21-99-58)107-64-56(72(97,24-78)26-102-64)112-59-45(90)43(88)41(86)34(17-74)104-59)52(109-63-54(94)71(96,23-77)25-101-63)48(93)60(103-27)110-53-40(85)32(81)20-100-62(53)113-65(95)73-13-12-66(2,3)14-29(73)28-8-9-37-67(4)15-30(79)55(68(5,22-76)36(67)10-11-69(37,6)70(28,7)16-38(73)83)111-61-47(92)51(42(87)35(18-75)105-61)108-57-44(89)39(84)31(80)19-98-57/h8,27,29-64,74-94,96-97H,9-26H2,1-7H3/t27-,29?,30-,31+,32-,33+,34+,35+,36?,37?,38+,39-,40-,41-,42+,43-,44+,45+,46+,47+,48+,49-,50-,51-,52-,53+,54-,55-,56-,57-,58-,59-,60-,61-,62-,63-,64-,67-,68-,69+,70+,71+,72+,73+/m0/s1. The Hall–Kier alpha value is -2.31. The minimum atomic E-state index is -2.35. The summed E-state index contributed by atoms with van der Waals surface area (Å²) in [5.41, 5.74) is -9.53. The Kier molecular flexibility index (Phi) is 26.0. The molecule has 40 nitrogen and oxygen atoms in total. The van der Waals surface area contributed by atoms with Crippen LogP contribution in [-0.2, 0) is 80.6 Å². The van der Waals surface area contributed by atoms with Crippen molar-refractivity contribution < 1.29 is 198 Å². The first-order valence-electron chi connectivity index (χ1n) is 39.0. The molecule has 8 heterocycles. The maximum atomic E-state index is 15.9. The molecule has 4 saturated carbocycles. The van der Waals surface area contributed by atoms with Crippen LogP contribution in [0.5, 0.6) is 0 Å². The minimum absolute atomic E-state index is 0.0161. The quantitative estimate of drug-likeness (QED) is 0.0288. The number of hydrogen-bond acceptors (Lipinski definition) is 40. The van der Waals surface area contributed by atoms with Crippen molar-refractivity contribution in [2.75, 3.05) is 66.1 Å². The summed E-state index contributed by atoms with van der Waals surface area (Å²) in [7, 11) is 0. The van der Waals surface area contributed by atoms with Crippen molar-refractivity contribution in [1.82, 2.24) is 0 Å². The Morgan fingerprint density at radius 1 is 0.451 bits per heavy atom. The molecule has 0 spiro atoms. The molecule has 0 aromatic carbocycles. The summed E-state index contributed by atoms with van der Waals surface area (Å²) < 4.78 is 95.5. The Bertz CT molecular complexity index is 3280. The highest BCUT2D eigenvalue weighted by atomic mass is 16.8. The van der Waals surface area contributed by atoms with Crippen molar-refractivity contribution in [1.29, 1.82) is 0 Å². The summed E-state index contributed by atoms with van der Waals surface area (Å²) in [4.78, 5) is 15.9. The zero-order valence-corrected chi connectivity index (χ0v) is 63.9. The van der Waals surface area contributed by atoms with Crippen LogP contribution in [0.4, 0.5) is 0 Å². The van der Waals surface area contributed by atoms with Gasteiger partial charge < -0.3 is 193 Å². The van der Waals surface area contributed by atoms with E-state index in [1.165, 1.54) is 6.92 Å². The third-order valence-electron chi connectivity index (χ3n) is 28.2. The van der Waals surface area contributed by atoms with E-state index >= 15 is 4.79 Å². The highest BCUT2D eigenvalue weighted by molar-refractivity contribution is 5.80. The largest absolute Gasteiger partial charge is 0.432 e. The van der Waals surface area contributed by atoms with Crippen LogP contribution >= 0.6 is 0 Å². The van der Waals surface area contributed by atoms with Crippen LogP contribution in [0.15, 0.2) is 11.6 Å². The molecule has 40 heteroatoms. The lowest BCUT2D eigenvalue weighted by Gasteiger charge is -2.72. The molecule has 3 unspecified atom stereocenters. The lowest BCUT2D eigenvalue weighted by atomic mass is 9.33. The van der Waals surface area contributed by atoms with Crippen molar-refractivity contribution in [3.63, 3.8) is 0 Å². The molecular formula is C73H118O40. The van der Waals surface area contributed by atoms with Crippen molar-refractivity contribution in [3.8, 4) is 0 Å². The van der Waals surface area contributed by atoms with E-state index < -0.39 is 337 Å². The molecule has 13 rings (SSSR count). The van der Waals surface area contributed by atoms with Crippen molar-refractivity contribution in [2.24, 2.45) is 50.2 Å². The van der Waals surface area contributed by atoms with Gasteiger partial charge in [0.15, 0.2) is 50.1 Å². The second kappa shape index (κ2) is 33.2. The number of carbonyl (C=O) groups is 1. The average molecular weight is 1640 g/mol. The first-order chi connectivity index (χ1) is 53.1. The van der Waals surface area contributed by atoms with Gasteiger partial charge in [-0.3, -0.25) is 4.79 Å². The monoisotopic (exact) mass is 1630 g/mol. The predicted molar refractivity (Wildman–Crippen MR) is 366 cm³/mol. The topological polar surface area (TPSA) is 630 Å². The van der Waals surface area contributed by atoms with E-state index in [-0.39, 0.29) is 25.2 Å². The van der Waals surface area contributed by atoms with Crippen LogP contribution in [-0.4, -0.2) is 410 Å². The van der Waals surface area contributed by atoms with Crippen molar-refractivity contribution >= 4 is 5.97 Å². The third kappa shape index (κ3) is 15.2. The Morgan fingerprint density at radius 2 is 0.982 bits per heavy atom. The maximum absolute atomic E-state index is 15.9. The van der Waals surface area contributed by atoms with Gasteiger partial charge in [0.25, 0.3) is 0 Å². The summed E-state index contributed by atoms with van der Waals surface area (Å²) in [6, 6.07) is 0. The van der Waals surface area contributed by atoms with Gasteiger partial charge in [-0.15, -0.1) is 0 Å². The van der Waals surface area contributed by atoms with E-state index in [9.17, 15) is 117 Å². The number of aliphatic hydroxyl groups excluding tert-OH is 21. The second-order valence-electron chi connectivity index (χ2n) is 35.6. The SMILES string of the molecule is C[C@@H]1O[C@@H](O[C@H]2[C@H](OC(=O)[C@]34CCC(C)(C)CC3C3=CCC5[C@@]6(C)C[C@H](O)[C@H](O[C@@H]7O[C@H](CO)[C@@H](O)[C@H](O[C@@H]8OC[C@@H](O)[C@H](O)[C@H]8O)[C@H]7O)[C@@](C)(CO)C6CC[C@@]5(C)[C@]3(C)C[C@H]4O)OC[C@H](O)[C@@H]2O)[C@H](O)[C@H](O[C@@H]2OC[C@](O)(CO)[C@H]2O)[C@H]1O[C@@H]1OC[C@@H](O)[C@H](O[C@@H]2OC[C@](O)(CO)[C@H]2O[C@@H]2O[C@H](CO)[C@H](O)[C@H](O)[C@H]2O)[C@H]1O. The molecule has 8 aliphatic heterocycles. The molecule has 8 saturated heterocycles. The van der Waals surface area contributed by atoms with E-state index in [0.717, 1.165) is 5.57 Å². The van der Waals surface area contributed by atoms with E-state index in [1.54, 1.807) is 6.92 Å². The second-order valence-corrected chi connectivity index (χ2v) is 35.6. The maximum Gasteiger partial charge on any atom is 0.317 e. The molecule has 0 aromatic heterocycles. The fourth-order valence-electron chi connectivity index (χ4n) is 21.3. The number of hydrogen-bond donors (Lipinski definition) is 23. The first-order valence-corrected chi connectivity index (χ1v) is 39.0. The third-order valence-corrected chi connectivity index (χ3v) is 28.2. The van der Waals surface area contributed by atoms with E-state index in [1.807, 2.05) is 0 Å². The van der Waals surface area contributed by atoms with Crippen LogP contribution in [0.25, 0.3) is 0 Å². The molecular weight excluding hydrogens is 1520 g/mol. The summed E-state index contributed by atoms with van der Waals surface area (Å²) in [5, 5.41) is 257. The number of ether oxygens (including phenoxy) is 16. The molecule has 0 amide bonds. The number of aliphatic hydroxyl groups is 23. The molecule has 44 atom stereocenters. The summed E-state index contributed by atoms with van der Waals surface area (Å²) >= 11 is 0. The van der Waals surface area contributed by atoms with Crippen LogP contribution in [0, 0.1) is 50.2 Å². The normalized spacial score (nSPS) is 55.3. The number of fused-ring (bicyclic) bond motifs is 7. The van der Waals surface area contributed by atoms with Gasteiger partial charge >= 0.3 is 5.97 Å². The first kappa shape index (κ1) is 88.5. The molecule has 650 valence electrons. The fraction of sp³-hybridized carbons (Fsp3) is 0.959. The van der Waals surface area contributed by atoms with Gasteiger partial charge in [0.05, 0.1) is 90.5 Å². The van der Waals surface area contributed by atoms with Gasteiger partial charge in [0, 0.05) is 5.41 Å². The molecule has 5 aliphatic carbocycles. The van der Waals surface area contributed by atoms with Crippen LogP contribution in [0.2, 0.25) is 0 Å². The Balaban J connectivity index is 0.729. The number of allylic oxidation sites excluding steroid dienone is 2. The van der Waals surface area contributed by atoms with Gasteiger partial charge in [-0.2, -0.15) is 0 Å². The summed E-state index contributed by atoms with van der Waals surface area (Å²) in [6.07, 6.45) is -55.9. The Labute approximate surface area is 649 Å². The van der Waals surface area contributed by atoms with Crippen LogP contribution < -0.4 is 0 Å². The van der Waals surface area contributed by atoms with Gasteiger partial charge in [-0.05, 0) is 97.7 Å². The predicted octanol–water partition coefficient (Wildman–Crippen LogP) is -9.60. The van der Waals surface area contributed by atoms with Crippen LogP contribution in [0.1, 0.15) is 99.8 Å².